The summed E-state index contributed by atoms with van der Waals surface area (Å²) in [4.78, 5) is 27.6. The molecule has 8 heteroatoms. The van der Waals surface area contributed by atoms with Gasteiger partial charge < -0.3 is 9.32 Å². The van der Waals surface area contributed by atoms with Crippen molar-refractivity contribution < 1.29 is 9.21 Å². The van der Waals surface area contributed by atoms with Crippen LogP contribution in [0.5, 0.6) is 0 Å². The fraction of sp³-hybridized carbons (Fsp3) is 0.273. The molecule has 1 unspecified atom stereocenters. The van der Waals surface area contributed by atoms with Gasteiger partial charge in [-0.1, -0.05) is 24.3 Å². The molecule has 150 valence electrons. The van der Waals surface area contributed by atoms with Crippen LogP contribution in [0.1, 0.15) is 47.2 Å². The number of benzene rings is 1. The Balaban J connectivity index is 1.50. The second-order valence-corrected chi connectivity index (χ2v) is 7.36. The maximum Gasteiger partial charge on any atom is 0.267 e. The van der Waals surface area contributed by atoms with E-state index in [9.17, 15) is 4.79 Å². The van der Waals surface area contributed by atoms with Crippen molar-refractivity contribution in [1.29, 1.82) is 0 Å². The van der Waals surface area contributed by atoms with E-state index in [1.807, 2.05) is 37.3 Å². The van der Waals surface area contributed by atoms with Gasteiger partial charge in [0.2, 0.25) is 5.89 Å². The Bertz CT molecular complexity index is 1220. The van der Waals surface area contributed by atoms with Gasteiger partial charge in [0.15, 0.2) is 0 Å². The molecule has 0 saturated carbocycles. The lowest BCUT2D eigenvalue weighted by molar-refractivity contribution is 0.0570. The molecule has 1 aromatic carbocycles. The van der Waals surface area contributed by atoms with E-state index in [2.05, 4.69) is 25.1 Å². The fourth-order valence-corrected chi connectivity index (χ4v) is 3.94. The van der Waals surface area contributed by atoms with Gasteiger partial charge in [-0.15, -0.1) is 10.2 Å². The highest BCUT2D eigenvalue weighted by Crippen LogP contribution is 2.34. The molecule has 1 saturated heterocycles. The molecule has 1 aliphatic rings. The fourth-order valence-electron chi connectivity index (χ4n) is 3.94. The predicted octanol–water partition coefficient (Wildman–Crippen LogP) is 3.75. The van der Waals surface area contributed by atoms with Crippen LogP contribution >= 0.6 is 0 Å². The lowest BCUT2D eigenvalue weighted by Gasteiger charge is -2.33. The molecule has 0 spiro atoms. The van der Waals surface area contributed by atoms with Crippen LogP contribution in [0, 0.1) is 6.92 Å². The van der Waals surface area contributed by atoms with Gasteiger partial charge in [-0.2, -0.15) is 0 Å². The number of aryl methyl sites for hydroxylation is 1. The van der Waals surface area contributed by atoms with Crippen LogP contribution in [0.15, 0.2) is 53.5 Å². The molecule has 3 aromatic heterocycles. The predicted molar refractivity (Wildman–Crippen MR) is 109 cm³/mol. The zero-order valence-corrected chi connectivity index (χ0v) is 16.5. The molecule has 1 amide bonds. The minimum atomic E-state index is -0.276. The van der Waals surface area contributed by atoms with Crippen molar-refractivity contribution in [2.24, 2.45) is 0 Å². The second-order valence-electron chi connectivity index (χ2n) is 7.36. The Labute approximate surface area is 173 Å². The number of carbonyl (C=O) groups is 1. The van der Waals surface area contributed by atoms with E-state index in [4.69, 9.17) is 4.42 Å². The molecular formula is C22H20N6O2. The quantitative estimate of drug-likeness (QED) is 0.516. The van der Waals surface area contributed by atoms with Gasteiger partial charge in [-0.05, 0) is 37.6 Å². The van der Waals surface area contributed by atoms with E-state index in [0.29, 0.717) is 35.3 Å². The van der Waals surface area contributed by atoms with Crippen molar-refractivity contribution in [3.8, 4) is 11.6 Å². The van der Waals surface area contributed by atoms with Crippen molar-refractivity contribution in [2.45, 2.75) is 32.2 Å². The minimum Gasteiger partial charge on any atom is -0.417 e. The number of carbonyl (C=O) groups excluding carboxylic acids is 1. The maximum absolute atomic E-state index is 13.2. The largest absolute Gasteiger partial charge is 0.417 e. The molecule has 8 nitrogen and oxygen atoms in total. The summed E-state index contributed by atoms with van der Waals surface area (Å²) < 4.78 is 6.05. The van der Waals surface area contributed by atoms with Crippen LogP contribution in [0.2, 0.25) is 0 Å². The summed E-state index contributed by atoms with van der Waals surface area (Å²) in [5.41, 5.74) is 1.80. The van der Waals surface area contributed by atoms with Crippen LogP contribution in [0.4, 0.5) is 0 Å². The molecule has 4 aromatic rings. The van der Waals surface area contributed by atoms with Crippen LogP contribution < -0.4 is 0 Å². The first kappa shape index (κ1) is 18.4. The molecule has 0 aliphatic carbocycles. The van der Waals surface area contributed by atoms with Crippen molar-refractivity contribution in [3.05, 3.63) is 66.2 Å². The smallest absolute Gasteiger partial charge is 0.267 e. The zero-order valence-electron chi connectivity index (χ0n) is 16.5. The Hall–Kier alpha value is -3.68. The molecule has 5 rings (SSSR count). The number of hydrogen-bond donors (Lipinski definition) is 0. The van der Waals surface area contributed by atoms with Gasteiger partial charge in [0.25, 0.3) is 11.8 Å². The number of nitrogens with zero attached hydrogens (tertiary/aromatic N) is 6. The Morgan fingerprint density at radius 2 is 2.03 bits per heavy atom. The zero-order chi connectivity index (χ0) is 20.5. The average molecular weight is 400 g/mol. The van der Waals surface area contributed by atoms with E-state index in [1.165, 1.54) is 6.33 Å². The molecule has 4 heterocycles. The lowest BCUT2D eigenvalue weighted by Crippen LogP contribution is -2.39. The van der Waals surface area contributed by atoms with Crippen LogP contribution in [0.25, 0.3) is 22.4 Å². The third-order valence-corrected chi connectivity index (χ3v) is 5.51. The van der Waals surface area contributed by atoms with Crippen LogP contribution in [0.3, 0.4) is 0 Å². The molecule has 1 aliphatic heterocycles. The van der Waals surface area contributed by atoms with Crippen molar-refractivity contribution in [3.63, 3.8) is 0 Å². The minimum absolute atomic E-state index is 0.110. The summed E-state index contributed by atoms with van der Waals surface area (Å²) in [6.45, 7) is 2.44. The average Bonchev–Trinajstić information content (AvgIpc) is 3.28. The Morgan fingerprint density at radius 3 is 2.93 bits per heavy atom. The summed E-state index contributed by atoms with van der Waals surface area (Å²) in [5.74, 6) is 0.683. The van der Waals surface area contributed by atoms with Gasteiger partial charge >= 0.3 is 0 Å². The number of hydrogen-bond acceptors (Lipinski definition) is 7. The van der Waals surface area contributed by atoms with E-state index in [-0.39, 0.29) is 11.9 Å². The first-order chi connectivity index (χ1) is 14.7. The Kier molecular flexibility index (Phi) is 4.66. The van der Waals surface area contributed by atoms with Crippen molar-refractivity contribution in [2.75, 3.05) is 6.54 Å². The van der Waals surface area contributed by atoms with Crippen LogP contribution in [-0.2, 0) is 0 Å². The molecule has 0 bridgehead atoms. The molecular weight excluding hydrogens is 380 g/mol. The highest BCUT2D eigenvalue weighted by Gasteiger charge is 2.33. The number of pyridine rings is 1. The number of aromatic nitrogens is 5. The van der Waals surface area contributed by atoms with Crippen molar-refractivity contribution in [1.82, 2.24) is 30.0 Å². The first-order valence-corrected chi connectivity index (χ1v) is 9.97. The number of fused-ring (bicyclic) bond motifs is 1. The molecule has 30 heavy (non-hydrogen) atoms. The van der Waals surface area contributed by atoms with E-state index >= 15 is 0 Å². The summed E-state index contributed by atoms with van der Waals surface area (Å²) in [6, 6.07) is 9.60. The van der Waals surface area contributed by atoms with Gasteiger partial charge in [0.1, 0.15) is 18.1 Å². The van der Waals surface area contributed by atoms with Gasteiger partial charge in [-0.25, -0.2) is 9.97 Å². The topological polar surface area (TPSA) is 97.9 Å². The standard InChI is InChI=1S/C22H20N6O2/c1-14-17(12-23-13-25-14)22(29)28-11-5-4-8-18(28)20-26-27-21(30-20)19-16-7-3-2-6-15(16)9-10-24-19/h2-3,6-7,9-10,12-13,18H,4-5,8,11H2,1H3. The van der Waals surface area contributed by atoms with Gasteiger partial charge in [0.05, 0.1) is 11.3 Å². The monoisotopic (exact) mass is 400 g/mol. The molecule has 1 fully saturated rings. The second kappa shape index (κ2) is 7.62. The van der Waals surface area contributed by atoms with Gasteiger partial charge in [-0.3, -0.25) is 9.78 Å². The Morgan fingerprint density at radius 1 is 1.13 bits per heavy atom. The number of piperidine rings is 1. The van der Waals surface area contributed by atoms with Crippen molar-refractivity contribution >= 4 is 16.7 Å². The van der Waals surface area contributed by atoms with Gasteiger partial charge in [0, 0.05) is 24.3 Å². The summed E-state index contributed by atoms with van der Waals surface area (Å²) >= 11 is 0. The van der Waals surface area contributed by atoms with E-state index in [1.54, 1.807) is 17.3 Å². The summed E-state index contributed by atoms with van der Waals surface area (Å²) in [7, 11) is 0. The van der Waals surface area contributed by atoms with E-state index < -0.39 is 0 Å². The van der Waals surface area contributed by atoms with Crippen LogP contribution in [-0.4, -0.2) is 42.5 Å². The molecule has 1 atom stereocenters. The number of amides is 1. The normalized spacial score (nSPS) is 16.7. The SMILES string of the molecule is Cc1ncncc1C(=O)N1CCCCC1c1nnc(-c2nccc3ccccc23)o1. The number of likely N-dealkylation sites (tertiary alicyclic amines) is 1. The first-order valence-electron chi connectivity index (χ1n) is 9.97. The third kappa shape index (κ3) is 3.20. The third-order valence-electron chi connectivity index (χ3n) is 5.51. The molecule has 0 radical (unpaired) electrons. The lowest BCUT2D eigenvalue weighted by atomic mass is 10.0. The number of rotatable bonds is 3. The summed E-state index contributed by atoms with van der Waals surface area (Å²) in [5, 5.41) is 10.5. The molecule has 0 N–H and O–H groups in total. The highest BCUT2D eigenvalue weighted by molar-refractivity contribution is 5.95. The maximum atomic E-state index is 13.2. The summed E-state index contributed by atoms with van der Waals surface area (Å²) in [6.07, 6.45) is 7.43. The highest BCUT2D eigenvalue weighted by atomic mass is 16.4. The van der Waals surface area contributed by atoms with E-state index in [0.717, 1.165) is 30.0 Å².